The minimum atomic E-state index is -0.952. The molecule has 33 heavy (non-hydrogen) atoms. The average Bonchev–Trinajstić information content (AvgIpc) is 2.82. The van der Waals surface area contributed by atoms with Gasteiger partial charge in [0.2, 0.25) is 0 Å². The summed E-state index contributed by atoms with van der Waals surface area (Å²) in [5.41, 5.74) is 4.35. The zero-order valence-electron chi connectivity index (χ0n) is 19.0. The van der Waals surface area contributed by atoms with Crippen LogP contribution in [-0.2, 0) is 13.0 Å². The zero-order valence-corrected chi connectivity index (χ0v) is 19.8. The first-order chi connectivity index (χ1) is 15.9. The Bertz CT molecular complexity index is 1100. The van der Waals surface area contributed by atoms with Gasteiger partial charge in [-0.25, -0.2) is 13.2 Å². The quantitative estimate of drug-likeness (QED) is 0.299. The van der Waals surface area contributed by atoms with Crippen molar-refractivity contribution in [2.24, 2.45) is 0 Å². The minimum absolute atomic E-state index is 0.205. The molecule has 1 heterocycles. The number of nitrogens with zero attached hydrogens (tertiary/aromatic N) is 1. The molecule has 0 saturated heterocycles. The van der Waals surface area contributed by atoms with Gasteiger partial charge in [-0.3, -0.25) is 4.98 Å². The van der Waals surface area contributed by atoms with Crippen molar-refractivity contribution in [3.05, 3.63) is 101 Å². The molecule has 0 spiro atoms. The highest BCUT2D eigenvalue weighted by Gasteiger charge is 2.20. The third kappa shape index (κ3) is 6.64. The summed E-state index contributed by atoms with van der Waals surface area (Å²) >= 11 is 1.75. The van der Waals surface area contributed by atoms with Gasteiger partial charge in [0, 0.05) is 30.1 Å². The van der Waals surface area contributed by atoms with E-state index in [0.717, 1.165) is 54.1 Å². The Morgan fingerprint density at radius 3 is 2.39 bits per heavy atom. The van der Waals surface area contributed by atoms with Crippen molar-refractivity contribution in [2.45, 2.75) is 38.6 Å². The molecule has 0 aliphatic heterocycles. The lowest BCUT2D eigenvalue weighted by Gasteiger charge is -2.23. The van der Waals surface area contributed by atoms with Crippen LogP contribution in [0, 0.1) is 17.5 Å². The van der Waals surface area contributed by atoms with Crippen LogP contribution in [0.2, 0.25) is 0 Å². The van der Waals surface area contributed by atoms with E-state index in [1.54, 1.807) is 30.1 Å². The van der Waals surface area contributed by atoms with E-state index < -0.39 is 11.6 Å². The number of aryl methyl sites for hydroxylation is 1. The van der Waals surface area contributed by atoms with Crippen LogP contribution in [0.3, 0.4) is 0 Å². The molecule has 1 atom stereocenters. The molecule has 0 radical (unpaired) electrons. The number of hydrogen-bond acceptors (Lipinski definition) is 3. The van der Waals surface area contributed by atoms with E-state index in [1.165, 1.54) is 12.1 Å². The lowest BCUT2D eigenvalue weighted by molar-refractivity contribution is 0.509. The number of nitrogens with one attached hydrogen (secondary N) is 1. The van der Waals surface area contributed by atoms with E-state index in [9.17, 15) is 8.78 Å². The minimum Gasteiger partial charge on any atom is -0.384 e. The van der Waals surface area contributed by atoms with Crippen LogP contribution in [0.15, 0.2) is 67.0 Å². The summed E-state index contributed by atoms with van der Waals surface area (Å²) in [6.45, 7) is 6.87. The number of hydrogen-bond donors (Lipinski definition) is 1. The molecule has 6 heteroatoms. The Labute approximate surface area is 198 Å². The summed E-state index contributed by atoms with van der Waals surface area (Å²) < 4.78 is 42.1. The fourth-order valence-corrected chi connectivity index (χ4v) is 4.24. The third-order valence-electron chi connectivity index (χ3n) is 5.65. The maximum absolute atomic E-state index is 15.2. The highest BCUT2D eigenvalue weighted by Crippen LogP contribution is 2.32. The van der Waals surface area contributed by atoms with E-state index in [0.29, 0.717) is 23.2 Å². The fraction of sp³-hybridized carbons (Fsp3) is 0.296. The molecule has 0 bridgehead atoms. The number of halogens is 3. The molecular weight excluding hydrogens is 441 g/mol. The predicted molar refractivity (Wildman–Crippen MR) is 132 cm³/mol. The zero-order chi connectivity index (χ0) is 23.8. The molecule has 0 aliphatic rings. The molecule has 2 nitrogen and oxygen atoms in total. The first-order valence-electron chi connectivity index (χ1n) is 11.0. The van der Waals surface area contributed by atoms with Crippen LogP contribution in [-0.4, -0.2) is 17.0 Å². The Kier molecular flexibility index (Phi) is 9.01. The summed E-state index contributed by atoms with van der Waals surface area (Å²) in [6.07, 6.45) is 6.39. The molecule has 1 unspecified atom stereocenters. The van der Waals surface area contributed by atoms with Gasteiger partial charge in [0.1, 0.15) is 5.82 Å². The molecule has 1 aromatic heterocycles. The maximum atomic E-state index is 15.2. The molecule has 3 rings (SSSR count). The van der Waals surface area contributed by atoms with Crippen molar-refractivity contribution in [2.75, 3.05) is 12.0 Å². The van der Waals surface area contributed by atoms with Crippen LogP contribution >= 0.6 is 11.8 Å². The van der Waals surface area contributed by atoms with Crippen LogP contribution in [0.1, 0.15) is 42.5 Å². The Morgan fingerprint density at radius 2 is 1.73 bits per heavy atom. The number of benzene rings is 2. The van der Waals surface area contributed by atoms with E-state index in [1.807, 2.05) is 12.3 Å². The second-order valence-electron chi connectivity index (χ2n) is 7.94. The van der Waals surface area contributed by atoms with Gasteiger partial charge in [0.05, 0.1) is 0 Å². The monoisotopic (exact) mass is 470 g/mol. The van der Waals surface area contributed by atoms with Gasteiger partial charge in [0.25, 0.3) is 0 Å². The topological polar surface area (TPSA) is 24.9 Å². The van der Waals surface area contributed by atoms with Crippen molar-refractivity contribution in [3.8, 4) is 11.1 Å². The lowest BCUT2D eigenvalue weighted by atomic mass is 9.89. The van der Waals surface area contributed by atoms with Crippen molar-refractivity contribution in [1.29, 1.82) is 0 Å². The van der Waals surface area contributed by atoms with Gasteiger partial charge in [0.15, 0.2) is 11.6 Å². The molecule has 3 aromatic rings. The summed E-state index contributed by atoms with van der Waals surface area (Å²) in [7, 11) is 0. The molecule has 0 saturated carbocycles. The van der Waals surface area contributed by atoms with E-state index in [4.69, 9.17) is 0 Å². The lowest BCUT2D eigenvalue weighted by Crippen LogP contribution is -2.19. The first-order valence-corrected chi connectivity index (χ1v) is 12.4. The summed E-state index contributed by atoms with van der Waals surface area (Å²) in [5, 5.41) is 3.38. The number of aromatic nitrogens is 1. The van der Waals surface area contributed by atoms with E-state index in [2.05, 4.69) is 29.9 Å². The van der Waals surface area contributed by atoms with Gasteiger partial charge in [-0.1, -0.05) is 31.7 Å². The highest BCUT2D eigenvalue weighted by molar-refractivity contribution is 7.98. The van der Waals surface area contributed by atoms with E-state index in [-0.39, 0.29) is 11.7 Å². The van der Waals surface area contributed by atoms with Gasteiger partial charge in [-0.15, -0.1) is 0 Å². The predicted octanol–water partition coefficient (Wildman–Crippen LogP) is 7.26. The van der Waals surface area contributed by atoms with Crippen LogP contribution in [0.25, 0.3) is 11.1 Å². The molecular formula is C27H29F3N2S. The maximum Gasteiger partial charge on any atom is 0.159 e. The second kappa shape index (κ2) is 11.9. The van der Waals surface area contributed by atoms with Gasteiger partial charge >= 0.3 is 0 Å². The molecule has 0 amide bonds. The van der Waals surface area contributed by atoms with E-state index >= 15 is 4.39 Å². The fourth-order valence-electron chi connectivity index (χ4n) is 3.78. The molecule has 174 valence electrons. The first kappa shape index (κ1) is 24.9. The Morgan fingerprint density at radius 1 is 1.00 bits per heavy atom. The normalized spacial score (nSPS) is 11.9. The number of rotatable bonds is 11. The third-order valence-corrected chi connectivity index (χ3v) is 6.35. The molecule has 0 aliphatic carbocycles. The largest absolute Gasteiger partial charge is 0.384 e. The Hall–Kier alpha value is -2.73. The summed E-state index contributed by atoms with van der Waals surface area (Å²) in [5.74, 6) is -1.49. The van der Waals surface area contributed by atoms with Crippen molar-refractivity contribution in [3.63, 3.8) is 0 Å². The van der Waals surface area contributed by atoms with Gasteiger partial charge in [-0.05, 0) is 83.9 Å². The SMILES string of the molecule is C=C(NCc1ccnc(CC)c1)C(CCCSC)c1ccc(-c2ccc(F)c(F)c2)cc1F. The Balaban J connectivity index is 1.81. The standard InChI is InChI=1S/C27H29F3N2S/c1-4-22-14-19(11-12-31-22)17-32-18(2)23(6-5-13-33-3)24-9-7-20(15-26(24)29)21-8-10-25(28)27(30)16-21/h7-12,14-16,23,32H,2,4-6,13,17H2,1,3H3. The molecule has 1 N–H and O–H groups in total. The smallest absolute Gasteiger partial charge is 0.159 e. The van der Waals surface area contributed by atoms with Gasteiger partial charge in [-0.2, -0.15) is 11.8 Å². The number of allylic oxidation sites excluding steroid dienone is 1. The summed E-state index contributed by atoms with van der Waals surface area (Å²) in [6, 6.07) is 12.5. The average molecular weight is 471 g/mol. The highest BCUT2D eigenvalue weighted by atomic mass is 32.2. The van der Waals surface area contributed by atoms with Crippen molar-refractivity contribution in [1.82, 2.24) is 10.3 Å². The van der Waals surface area contributed by atoms with Crippen molar-refractivity contribution < 1.29 is 13.2 Å². The molecule has 2 aromatic carbocycles. The number of pyridine rings is 1. The summed E-state index contributed by atoms with van der Waals surface area (Å²) in [4.78, 5) is 4.33. The van der Waals surface area contributed by atoms with Crippen LogP contribution in [0.4, 0.5) is 13.2 Å². The molecule has 0 fully saturated rings. The van der Waals surface area contributed by atoms with Gasteiger partial charge < -0.3 is 5.32 Å². The second-order valence-corrected chi connectivity index (χ2v) is 8.93. The van der Waals surface area contributed by atoms with Crippen LogP contribution < -0.4 is 5.32 Å². The van der Waals surface area contributed by atoms with Crippen molar-refractivity contribution >= 4 is 11.8 Å². The number of thioether (sulfide) groups is 1. The van der Waals surface area contributed by atoms with Crippen LogP contribution in [0.5, 0.6) is 0 Å².